The van der Waals surface area contributed by atoms with Gasteiger partial charge in [0.15, 0.2) is 0 Å². The van der Waals surface area contributed by atoms with Gasteiger partial charge in [-0.3, -0.25) is 4.79 Å². The minimum Gasteiger partial charge on any atom is -0.507 e. The van der Waals surface area contributed by atoms with Crippen molar-refractivity contribution in [3.8, 4) is 5.75 Å². The van der Waals surface area contributed by atoms with Crippen LogP contribution in [0.25, 0.3) is 10.8 Å². The summed E-state index contributed by atoms with van der Waals surface area (Å²) in [6, 6.07) is 15.0. The Balaban J connectivity index is 1.82. The number of hydrogen-bond acceptors (Lipinski definition) is 3. The van der Waals surface area contributed by atoms with Gasteiger partial charge in [-0.1, -0.05) is 42.0 Å². The number of nitrogens with one attached hydrogen (secondary N) is 1. The van der Waals surface area contributed by atoms with Crippen LogP contribution in [-0.4, -0.2) is 17.2 Å². The van der Waals surface area contributed by atoms with Gasteiger partial charge < -0.3 is 5.11 Å². The minimum absolute atomic E-state index is 0.0610. The molecule has 0 saturated heterocycles. The molecule has 3 rings (SSSR count). The predicted octanol–water partition coefficient (Wildman–Crippen LogP) is 4.23. The van der Waals surface area contributed by atoms with Crippen molar-refractivity contribution in [2.75, 3.05) is 0 Å². The lowest BCUT2D eigenvalue weighted by Crippen LogP contribution is -2.18. The van der Waals surface area contributed by atoms with Crippen molar-refractivity contribution in [2.45, 2.75) is 20.8 Å². The zero-order valence-corrected chi connectivity index (χ0v) is 14.5. The average Bonchev–Trinajstić information content (AvgIpc) is 2.56. The van der Waals surface area contributed by atoms with Gasteiger partial charge in [0.05, 0.1) is 11.8 Å². The normalized spacial score (nSPS) is 11.2. The fourth-order valence-electron chi connectivity index (χ4n) is 3.02. The highest BCUT2D eigenvalue weighted by molar-refractivity contribution is 6.01. The zero-order chi connectivity index (χ0) is 18.0. The molecule has 25 heavy (non-hydrogen) atoms. The minimum atomic E-state index is -0.443. The van der Waals surface area contributed by atoms with E-state index in [2.05, 4.69) is 22.7 Å². The van der Waals surface area contributed by atoms with Gasteiger partial charge in [0.25, 0.3) is 5.91 Å². The molecule has 0 spiro atoms. The molecule has 0 saturated carbocycles. The van der Waals surface area contributed by atoms with Crippen LogP contribution >= 0.6 is 0 Å². The lowest BCUT2D eigenvalue weighted by Gasteiger charge is -2.07. The number of phenols is 1. The maximum Gasteiger partial charge on any atom is 0.275 e. The highest BCUT2D eigenvalue weighted by Gasteiger charge is 2.11. The summed E-state index contributed by atoms with van der Waals surface area (Å²) in [5.41, 5.74) is 7.07. The number of carbonyl (C=O) groups is 1. The number of amides is 1. The number of aromatic hydroxyl groups is 1. The molecule has 2 N–H and O–H groups in total. The van der Waals surface area contributed by atoms with Crippen molar-refractivity contribution < 1.29 is 9.90 Å². The summed E-state index contributed by atoms with van der Waals surface area (Å²) in [5.74, 6) is -0.504. The molecule has 3 aromatic rings. The lowest BCUT2D eigenvalue weighted by molar-refractivity contribution is 0.0952. The van der Waals surface area contributed by atoms with Crippen LogP contribution in [0.4, 0.5) is 0 Å². The maximum atomic E-state index is 12.3. The Labute approximate surface area is 146 Å². The van der Waals surface area contributed by atoms with Crippen LogP contribution in [0.5, 0.6) is 5.75 Å². The second kappa shape index (κ2) is 6.77. The van der Waals surface area contributed by atoms with Crippen LogP contribution in [0.3, 0.4) is 0 Å². The predicted molar refractivity (Wildman–Crippen MR) is 101 cm³/mol. The van der Waals surface area contributed by atoms with Crippen LogP contribution in [0.2, 0.25) is 0 Å². The molecular formula is C21H20N2O2. The second-order valence-corrected chi connectivity index (χ2v) is 6.23. The van der Waals surface area contributed by atoms with Crippen LogP contribution in [0.1, 0.15) is 32.6 Å². The first-order valence-electron chi connectivity index (χ1n) is 8.08. The smallest absolute Gasteiger partial charge is 0.275 e. The van der Waals surface area contributed by atoms with Crippen molar-refractivity contribution in [3.05, 3.63) is 76.3 Å². The molecule has 4 heteroatoms. The Kier molecular flexibility index (Phi) is 4.52. The standard InChI is InChI=1S/C21H20N2O2/c1-13-8-14(2)19(15(3)9-13)12-22-23-21(25)18-10-16-6-4-5-7-17(16)11-20(18)24/h4-12,24H,1-3H3,(H,23,25)/b22-12-. The van der Waals surface area contributed by atoms with Crippen LogP contribution in [0.15, 0.2) is 53.6 Å². The van der Waals surface area contributed by atoms with Gasteiger partial charge in [-0.2, -0.15) is 5.10 Å². The van der Waals surface area contributed by atoms with E-state index in [9.17, 15) is 9.90 Å². The van der Waals surface area contributed by atoms with Gasteiger partial charge in [-0.05, 0) is 54.8 Å². The van der Waals surface area contributed by atoms with Gasteiger partial charge in [0.1, 0.15) is 5.75 Å². The highest BCUT2D eigenvalue weighted by Crippen LogP contribution is 2.24. The summed E-state index contributed by atoms with van der Waals surface area (Å²) in [6.45, 7) is 6.07. The van der Waals surface area contributed by atoms with Crippen molar-refractivity contribution in [2.24, 2.45) is 5.10 Å². The number of benzene rings is 3. The molecule has 0 heterocycles. The third-order valence-corrected chi connectivity index (χ3v) is 4.21. The Morgan fingerprint density at radius 1 is 1.00 bits per heavy atom. The molecule has 0 atom stereocenters. The quantitative estimate of drug-likeness (QED) is 0.557. The summed E-state index contributed by atoms with van der Waals surface area (Å²) in [5, 5.41) is 15.9. The topological polar surface area (TPSA) is 61.7 Å². The van der Waals surface area contributed by atoms with Crippen LogP contribution in [0, 0.1) is 20.8 Å². The van der Waals surface area contributed by atoms with Crippen LogP contribution in [-0.2, 0) is 0 Å². The molecule has 0 fully saturated rings. The number of carbonyl (C=O) groups excluding carboxylic acids is 1. The van der Waals surface area contributed by atoms with Crippen molar-refractivity contribution in [3.63, 3.8) is 0 Å². The van der Waals surface area contributed by atoms with Crippen molar-refractivity contribution >= 4 is 22.9 Å². The first-order chi connectivity index (χ1) is 12.0. The summed E-state index contributed by atoms with van der Waals surface area (Å²) < 4.78 is 0. The number of hydrogen-bond donors (Lipinski definition) is 2. The molecule has 126 valence electrons. The largest absolute Gasteiger partial charge is 0.507 e. The first kappa shape index (κ1) is 16.7. The van der Waals surface area contributed by atoms with Crippen LogP contribution < -0.4 is 5.43 Å². The van der Waals surface area contributed by atoms with E-state index in [1.165, 1.54) is 5.56 Å². The van der Waals surface area contributed by atoms with E-state index >= 15 is 0 Å². The average molecular weight is 332 g/mol. The van der Waals surface area contributed by atoms with Gasteiger partial charge in [0.2, 0.25) is 0 Å². The lowest BCUT2D eigenvalue weighted by atomic mass is 10.0. The Bertz CT molecular complexity index is 967. The number of nitrogens with zero attached hydrogens (tertiary/aromatic N) is 1. The van der Waals surface area contributed by atoms with Crippen molar-refractivity contribution in [1.82, 2.24) is 5.43 Å². The van der Waals surface area contributed by atoms with E-state index in [4.69, 9.17) is 0 Å². The summed E-state index contributed by atoms with van der Waals surface area (Å²) in [4.78, 5) is 12.3. The number of aryl methyl sites for hydroxylation is 3. The molecule has 0 aliphatic rings. The third kappa shape index (κ3) is 3.53. The Morgan fingerprint density at radius 2 is 1.60 bits per heavy atom. The third-order valence-electron chi connectivity index (χ3n) is 4.21. The van der Waals surface area contributed by atoms with E-state index in [1.54, 1.807) is 18.3 Å². The molecular weight excluding hydrogens is 312 g/mol. The van der Waals surface area contributed by atoms with Gasteiger partial charge in [0, 0.05) is 5.56 Å². The molecule has 1 amide bonds. The molecule has 0 radical (unpaired) electrons. The first-order valence-corrected chi connectivity index (χ1v) is 8.08. The number of phenolic OH excluding ortho intramolecular Hbond substituents is 1. The zero-order valence-electron chi connectivity index (χ0n) is 14.5. The summed E-state index contributed by atoms with van der Waals surface area (Å²) >= 11 is 0. The SMILES string of the molecule is Cc1cc(C)c(/C=N\NC(=O)c2cc3ccccc3cc2O)c(C)c1. The Hall–Kier alpha value is -3.14. The molecule has 0 aromatic heterocycles. The van der Waals surface area contributed by atoms with Gasteiger partial charge in [-0.25, -0.2) is 5.43 Å². The fourth-order valence-corrected chi connectivity index (χ4v) is 3.02. The van der Waals surface area contributed by atoms with E-state index < -0.39 is 5.91 Å². The molecule has 0 aliphatic heterocycles. The fraction of sp³-hybridized carbons (Fsp3) is 0.143. The molecule has 3 aromatic carbocycles. The second-order valence-electron chi connectivity index (χ2n) is 6.23. The van der Waals surface area contributed by atoms with E-state index in [0.29, 0.717) is 0 Å². The molecule has 0 bridgehead atoms. The summed E-state index contributed by atoms with van der Waals surface area (Å²) in [6.07, 6.45) is 1.64. The summed E-state index contributed by atoms with van der Waals surface area (Å²) in [7, 11) is 0. The van der Waals surface area contributed by atoms with E-state index in [0.717, 1.165) is 27.5 Å². The molecule has 4 nitrogen and oxygen atoms in total. The van der Waals surface area contributed by atoms with Gasteiger partial charge in [-0.15, -0.1) is 0 Å². The number of fused-ring (bicyclic) bond motifs is 1. The van der Waals surface area contributed by atoms with Gasteiger partial charge >= 0.3 is 0 Å². The number of rotatable bonds is 3. The molecule has 0 aliphatic carbocycles. The maximum absolute atomic E-state index is 12.3. The van der Waals surface area contributed by atoms with E-state index in [1.807, 2.05) is 45.0 Å². The monoisotopic (exact) mass is 332 g/mol. The van der Waals surface area contributed by atoms with Crippen molar-refractivity contribution in [1.29, 1.82) is 0 Å². The van der Waals surface area contributed by atoms with E-state index in [-0.39, 0.29) is 11.3 Å². The molecule has 0 unspecified atom stereocenters. The Morgan fingerprint density at radius 3 is 2.24 bits per heavy atom. The number of hydrazone groups is 1. The highest BCUT2D eigenvalue weighted by atomic mass is 16.3.